The topological polar surface area (TPSA) is 61.4 Å². The summed E-state index contributed by atoms with van der Waals surface area (Å²) in [7, 11) is 0. The van der Waals surface area contributed by atoms with Crippen LogP contribution in [0.4, 0.5) is 10.5 Å². The Labute approximate surface area is 235 Å². The highest BCUT2D eigenvalue weighted by molar-refractivity contribution is 7.16. The zero-order chi connectivity index (χ0) is 26.1. The molecule has 0 bridgehead atoms. The van der Waals surface area contributed by atoms with E-state index >= 15 is 0 Å². The van der Waals surface area contributed by atoms with E-state index in [0.29, 0.717) is 18.2 Å². The SMILES string of the molecule is O=C(NCc1ccnc(Cl)c1)N1CC2(CCN(CC=Cc3ccc(Cl)cc3)CC2)c2c1ccc1scnc21. The molecule has 2 aliphatic rings. The summed E-state index contributed by atoms with van der Waals surface area (Å²) in [5.41, 5.74) is 7.12. The number of likely N-dealkylation sites (tertiary alicyclic amines) is 1. The molecule has 2 amide bonds. The second-order valence-electron chi connectivity index (χ2n) is 9.93. The average molecular weight is 565 g/mol. The highest BCUT2D eigenvalue weighted by Crippen LogP contribution is 2.50. The number of carbonyl (C=O) groups is 1. The van der Waals surface area contributed by atoms with Gasteiger partial charge in [0.05, 0.1) is 21.4 Å². The zero-order valence-corrected chi connectivity index (χ0v) is 23.1. The second kappa shape index (κ2) is 10.7. The number of rotatable bonds is 5. The van der Waals surface area contributed by atoms with Gasteiger partial charge < -0.3 is 5.32 Å². The van der Waals surface area contributed by atoms with Gasteiger partial charge in [0, 0.05) is 41.8 Å². The molecule has 4 heterocycles. The first-order valence-corrected chi connectivity index (χ1v) is 14.3. The number of amides is 2. The van der Waals surface area contributed by atoms with Crippen molar-refractivity contribution in [3.05, 3.63) is 93.2 Å². The minimum absolute atomic E-state index is 0.0982. The molecule has 6 nitrogen and oxygen atoms in total. The number of nitrogens with one attached hydrogen (secondary N) is 1. The summed E-state index contributed by atoms with van der Waals surface area (Å²) in [5, 5.41) is 4.25. The van der Waals surface area contributed by atoms with Crippen molar-refractivity contribution in [3.63, 3.8) is 0 Å². The lowest BCUT2D eigenvalue weighted by atomic mass is 9.74. The lowest BCUT2D eigenvalue weighted by Crippen LogP contribution is -2.47. The molecule has 2 aromatic heterocycles. The Kier molecular flexibility index (Phi) is 7.10. The minimum atomic E-state index is -0.101. The number of piperidine rings is 1. The third-order valence-electron chi connectivity index (χ3n) is 7.60. The number of benzene rings is 2. The van der Waals surface area contributed by atoms with E-state index in [1.807, 2.05) is 40.7 Å². The molecule has 4 aromatic rings. The predicted octanol–water partition coefficient (Wildman–Crippen LogP) is 6.77. The van der Waals surface area contributed by atoms with Gasteiger partial charge in [-0.25, -0.2) is 14.8 Å². The number of aromatic nitrogens is 2. The first-order chi connectivity index (χ1) is 18.5. The van der Waals surface area contributed by atoms with Crippen LogP contribution in [-0.2, 0) is 12.0 Å². The molecular formula is C29H27Cl2N5OS. The lowest BCUT2D eigenvalue weighted by molar-refractivity contribution is 0.180. The highest BCUT2D eigenvalue weighted by atomic mass is 35.5. The van der Waals surface area contributed by atoms with E-state index in [-0.39, 0.29) is 11.4 Å². The Morgan fingerprint density at radius 1 is 1.08 bits per heavy atom. The molecule has 0 aliphatic carbocycles. The van der Waals surface area contributed by atoms with Crippen molar-refractivity contribution < 1.29 is 4.79 Å². The molecule has 2 aliphatic heterocycles. The van der Waals surface area contributed by atoms with Gasteiger partial charge in [0.15, 0.2) is 0 Å². The van der Waals surface area contributed by atoms with Gasteiger partial charge in [-0.2, -0.15) is 0 Å². The van der Waals surface area contributed by atoms with Crippen LogP contribution in [0.3, 0.4) is 0 Å². The van der Waals surface area contributed by atoms with Crippen LogP contribution in [0.15, 0.2) is 66.3 Å². The van der Waals surface area contributed by atoms with Crippen LogP contribution in [0.2, 0.25) is 10.2 Å². The first kappa shape index (κ1) is 25.3. The maximum Gasteiger partial charge on any atom is 0.322 e. The number of thiazole rings is 1. The van der Waals surface area contributed by atoms with Crippen molar-refractivity contribution in [1.82, 2.24) is 20.2 Å². The molecule has 38 heavy (non-hydrogen) atoms. The number of nitrogens with zero attached hydrogens (tertiary/aromatic N) is 4. The van der Waals surface area contributed by atoms with Crippen molar-refractivity contribution in [3.8, 4) is 0 Å². The number of urea groups is 1. The van der Waals surface area contributed by atoms with Gasteiger partial charge >= 0.3 is 6.03 Å². The summed E-state index contributed by atoms with van der Waals surface area (Å²) in [4.78, 5) is 26.6. The third-order valence-corrected chi connectivity index (χ3v) is 8.85. The zero-order valence-electron chi connectivity index (χ0n) is 20.7. The quantitative estimate of drug-likeness (QED) is 0.272. The number of hydrogen-bond acceptors (Lipinski definition) is 5. The Balaban J connectivity index is 1.18. The Bertz CT molecular complexity index is 1490. The van der Waals surface area contributed by atoms with E-state index in [2.05, 4.69) is 39.5 Å². The van der Waals surface area contributed by atoms with Crippen molar-refractivity contribution in [2.75, 3.05) is 31.1 Å². The number of pyridine rings is 1. The first-order valence-electron chi connectivity index (χ1n) is 12.7. The molecular weight excluding hydrogens is 537 g/mol. The number of hydrogen-bond donors (Lipinski definition) is 1. The molecule has 1 saturated heterocycles. The maximum atomic E-state index is 13.4. The van der Waals surface area contributed by atoms with Gasteiger partial charge in [-0.3, -0.25) is 9.80 Å². The molecule has 9 heteroatoms. The van der Waals surface area contributed by atoms with Crippen molar-refractivity contribution in [2.24, 2.45) is 0 Å². The predicted molar refractivity (Wildman–Crippen MR) is 156 cm³/mol. The van der Waals surface area contributed by atoms with E-state index in [1.54, 1.807) is 23.6 Å². The molecule has 0 saturated carbocycles. The van der Waals surface area contributed by atoms with Gasteiger partial charge in [0.25, 0.3) is 0 Å². The standard InChI is InChI=1S/C29H27Cl2N5OS/c30-22-5-3-20(4-6-22)2-1-13-35-14-10-29(11-15-35)18-36(23-7-8-24-27(26(23)29)34-19-38-24)28(37)33-17-21-9-12-32-25(31)16-21/h1-9,12,16,19H,10-11,13-15,17-18H2,(H,33,37). The van der Waals surface area contributed by atoms with Gasteiger partial charge in [-0.1, -0.05) is 47.5 Å². The van der Waals surface area contributed by atoms with Crippen molar-refractivity contribution in [2.45, 2.75) is 24.8 Å². The smallest absolute Gasteiger partial charge is 0.322 e. The van der Waals surface area contributed by atoms with E-state index in [0.717, 1.165) is 59.8 Å². The summed E-state index contributed by atoms with van der Waals surface area (Å²) in [5.74, 6) is 0. The van der Waals surface area contributed by atoms with Gasteiger partial charge in [-0.15, -0.1) is 11.3 Å². The van der Waals surface area contributed by atoms with Crippen LogP contribution >= 0.6 is 34.5 Å². The second-order valence-corrected chi connectivity index (χ2v) is 11.6. The Morgan fingerprint density at radius 3 is 2.68 bits per heavy atom. The van der Waals surface area contributed by atoms with Crippen LogP contribution in [-0.4, -0.2) is 47.1 Å². The maximum absolute atomic E-state index is 13.4. The van der Waals surface area contributed by atoms with Crippen LogP contribution < -0.4 is 10.2 Å². The molecule has 1 N–H and O–H groups in total. The fourth-order valence-corrected chi connectivity index (χ4v) is 6.63. The van der Waals surface area contributed by atoms with Crippen LogP contribution in [0.25, 0.3) is 16.3 Å². The molecule has 194 valence electrons. The minimum Gasteiger partial charge on any atom is -0.334 e. The highest BCUT2D eigenvalue weighted by Gasteiger charge is 2.47. The molecule has 1 spiro atoms. The summed E-state index contributed by atoms with van der Waals surface area (Å²) >= 11 is 13.7. The van der Waals surface area contributed by atoms with E-state index in [4.69, 9.17) is 28.2 Å². The van der Waals surface area contributed by atoms with E-state index in [1.165, 1.54) is 10.3 Å². The van der Waals surface area contributed by atoms with E-state index in [9.17, 15) is 4.79 Å². The number of anilines is 1. The van der Waals surface area contributed by atoms with Crippen LogP contribution in [0.5, 0.6) is 0 Å². The molecule has 0 radical (unpaired) electrons. The largest absolute Gasteiger partial charge is 0.334 e. The summed E-state index contributed by atoms with van der Waals surface area (Å²) in [6, 6.07) is 15.6. The summed E-state index contributed by atoms with van der Waals surface area (Å²) < 4.78 is 1.17. The molecule has 1 fully saturated rings. The van der Waals surface area contributed by atoms with Crippen LogP contribution in [0.1, 0.15) is 29.5 Å². The Hall–Kier alpha value is -2.97. The normalized spacial score (nSPS) is 16.9. The third kappa shape index (κ3) is 5.04. The number of halogens is 2. The molecule has 0 unspecified atom stereocenters. The number of fused-ring (bicyclic) bond motifs is 4. The fraction of sp³-hybridized carbons (Fsp3) is 0.276. The van der Waals surface area contributed by atoms with E-state index < -0.39 is 0 Å². The Morgan fingerprint density at radius 2 is 1.89 bits per heavy atom. The molecule has 0 atom stereocenters. The summed E-state index contributed by atoms with van der Waals surface area (Å²) in [6.45, 7) is 3.89. The van der Waals surface area contributed by atoms with Gasteiger partial charge in [0.1, 0.15) is 5.15 Å². The van der Waals surface area contributed by atoms with Crippen molar-refractivity contribution >= 4 is 62.5 Å². The van der Waals surface area contributed by atoms with Gasteiger partial charge in [0.2, 0.25) is 0 Å². The summed E-state index contributed by atoms with van der Waals surface area (Å²) in [6.07, 6.45) is 7.98. The molecule has 6 rings (SSSR count). The van der Waals surface area contributed by atoms with Crippen molar-refractivity contribution in [1.29, 1.82) is 0 Å². The number of carbonyl (C=O) groups excluding carboxylic acids is 1. The molecule has 2 aromatic carbocycles. The van der Waals surface area contributed by atoms with Crippen LogP contribution in [0, 0.1) is 0 Å². The van der Waals surface area contributed by atoms with Gasteiger partial charge in [-0.05, 0) is 73.5 Å². The fourth-order valence-electron chi connectivity index (χ4n) is 5.63. The monoisotopic (exact) mass is 563 g/mol. The lowest BCUT2D eigenvalue weighted by Gasteiger charge is -2.39. The average Bonchev–Trinajstić information content (AvgIpc) is 3.53.